The summed E-state index contributed by atoms with van der Waals surface area (Å²) >= 11 is 11.6. The molecule has 2 N–H and O–H groups in total. The number of halogens is 3. The van der Waals surface area contributed by atoms with E-state index in [0.29, 0.717) is 0 Å². The molecule has 0 fully saturated rings. The van der Waals surface area contributed by atoms with E-state index < -0.39 is 17.3 Å². The minimum Gasteiger partial charge on any atom is -0.467 e. The van der Waals surface area contributed by atoms with Crippen molar-refractivity contribution >= 4 is 29.2 Å². The first kappa shape index (κ1) is 13.2. The average Bonchev–Trinajstić information content (AvgIpc) is 2.22. The van der Waals surface area contributed by atoms with E-state index in [-0.39, 0.29) is 15.6 Å². The second-order valence-corrected chi connectivity index (χ2v) is 4.20. The van der Waals surface area contributed by atoms with Crippen molar-refractivity contribution in [3.63, 3.8) is 0 Å². The maximum atomic E-state index is 13.3. The van der Waals surface area contributed by atoms with E-state index in [2.05, 4.69) is 4.74 Å². The Morgan fingerprint density at radius 3 is 2.56 bits per heavy atom. The first-order chi connectivity index (χ1) is 7.32. The molecule has 0 aliphatic heterocycles. The third kappa shape index (κ3) is 2.14. The second kappa shape index (κ2) is 4.57. The lowest BCUT2D eigenvalue weighted by Gasteiger charge is -2.24. The van der Waals surface area contributed by atoms with Crippen LogP contribution in [-0.2, 0) is 15.1 Å². The predicted octanol–water partition coefficient (Wildman–Crippen LogP) is 2.48. The average molecular weight is 266 g/mol. The van der Waals surface area contributed by atoms with Crippen LogP contribution >= 0.6 is 23.2 Å². The van der Waals surface area contributed by atoms with Crippen LogP contribution in [0.5, 0.6) is 0 Å². The van der Waals surface area contributed by atoms with Gasteiger partial charge >= 0.3 is 5.97 Å². The molecular formula is C10H10Cl2FNO2. The molecule has 0 aliphatic rings. The molecule has 6 heteroatoms. The van der Waals surface area contributed by atoms with Gasteiger partial charge in [0.25, 0.3) is 0 Å². The van der Waals surface area contributed by atoms with Crippen molar-refractivity contribution in [3.05, 3.63) is 33.6 Å². The van der Waals surface area contributed by atoms with E-state index >= 15 is 0 Å². The first-order valence-electron chi connectivity index (χ1n) is 4.33. The number of hydrogen-bond donors (Lipinski definition) is 1. The van der Waals surface area contributed by atoms with Gasteiger partial charge in [-0.3, -0.25) is 0 Å². The maximum absolute atomic E-state index is 13.3. The maximum Gasteiger partial charge on any atom is 0.330 e. The third-order valence-corrected chi connectivity index (χ3v) is 2.86. The number of esters is 1. The predicted molar refractivity (Wildman–Crippen MR) is 60.0 cm³/mol. The summed E-state index contributed by atoms with van der Waals surface area (Å²) in [7, 11) is 1.18. The molecule has 1 aromatic rings. The molecule has 16 heavy (non-hydrogen) atoms. The van der Waals surface area contributed by atoms with E-state index in [1.807, 2.05) is 0 Å². The van der Waals surface area contributed by atoms with Crippen molar-refractivity contribution in [1.29, 1.82) is 0 Å². The van der Waals surface area contributed by atoms with Gasteiger partial charge in [-0.25, -0.2) is 9.18 Å². The minimum atomic E-state index is -1.59. The third-order valence-electron chi connectivity index (χ3n) is 2.17. The molecule has 0 spiro atoms. The molecule has 0 aliphatic carbocycles. The first-order valence-corrected chi connectivity index (χ1v) is 5.09. The molecule has 0 aromatic heterocycles. The Bertz CT molecular complexity index is 435. The van der Waals surface area contributed by atoms with Crippen molar-refractivity contribution in [3.8, 4) is 0 Å². The Morgan fingerprint density at radius 1 is 1.50 bits per heavy atom. The van der Waals surface area contributed by atoms with Crippen molar-refractivity contribution in [2.45, 2.75) is 12.5 Å². The summed E-state index contributed by atoms with van der Waals surface area (Å²) in [4.78, 5) is 11.5. The molecule has 0 bridgehead atoms. The Kier molecular flexibility index (Phi) is 3.78. The Morgan fingerprint density at radius 2 is 2.06 bits per heavy atom. The van der Waals surface area contributed by atoms with Crippen LogP contribution in [0.2, 0.25) is 10.0 Å². The molecule has 1 aromatic carbocycles. The summed E-state index contributed by atoms with van der Waals surface area (Å²) in [5, 5.41) is -0.162. The molecule has 1 unspecified atom stereocenters. The van der Waals surface area contributed by atoms with Gasteiger partial charge in [-0.2, -0.15) is 0 Å². The Balaban J connectivity index is 3.43. The summed E-state index contributed by atoms with van der Waals surface area (Å²) in [5.41, 5.74) is 4.18. The number of carbonyl (C=O) groups is 1. The zero-order valence-electron chi connectivity index (χ0n) is 8.68. The fraction of sp³-hybridized carbons (Fsp3) is 0.300. The standard InChI is InChI=1S/C10H10Cl2FNO2/c1-10(14,9(15)16-2)7-5(11)3-4-6(13)8(7)12/h3-4H,14H2,1-2H3. The lowest BCUT2D eigenvalue weighted by atomic mass is 9.93. The van der Waals surface area contributed by atoms with E-state index in [4.69, 9.17) is 28.9 Å². The normalized spacial score (nSPS) is 14.4. The molecule has 1 rings (SSSR count). The molecule has 0 amide bonds. The summed E-state index contributed by atoms with van der Waals surface area (Å²) in [6.45, 7) is 1.35. The fourth-order valence-electron chi connectivity index (χ4n) is 1.32. The largest absolute Gasteiger partial charge is 0.467 e. The summed E-state index contributed by atoms with van der Waals surface area (Å²) < 4.78 is 17.8. The second-order valence-electron chi connectivity index (χ2n) is 3.41. The van der Waals surface area contributed by atoms with Crippen LogP contribution in [0.4, 0.5) is 4.39 Å². The summed E-state index contributed by atoms with van der Waals surface area (Å²) in [6.07, 6.45) is 0. The SMILES string of the molecule is COC(=O)C(C)(N)c1c(Cl)ccc(F)c1Cl. The zero-order valence-corrected chi connectivity index (χ0v) is 10.2. The van der Waals surface area contributed by atoms with Crippen LogP contribution in [0.15, 0.2) is 12.1 Å². The number of methoxy groups -OCH3 is 1. The van der Waals surface area contributed by atoms with Crippen LogP contribution in [0.3, 0.4) is 0 Å². The van der Waals surface area contributed by atoms with Crippen LogP contribution in [0.1, 0.15) is 12.5 Å². The van der Waals surface area contributed by atoms with Gasteiger partial charge in [-0.1, -0.05) is 23.2 Å². The highest BCUT2D eigenvalue weighted by Gasteiger charge is 2.36. The van der Waals surface area contributed by atoms with Gasteiger partial charge in [0.05, 0.1) is 12.1 Å². The Hall–Kier alpha value is -0.840. The van der Waals surface area contributed by atoms with E-state index in [9.17, 15) is 9.18 Å². The summed E-state index contributed by atoms with van der Waals surface area (Å²) in [5.74, 6) is -1.44. The number of carbonyl (C=O) groups excluding carboxylic acids is 1. The van der Waals surface area contributed by atoms with Crippen LogP contribution in [-0.4, -0.2) is 13.1 Å². The van der Waals surface area contributed by atoms with E-state index in [0.717, 1.165) is 6.07 Å². The van der Waals surface area contributed by atoms with Gasteiger partial charge in [0.2, 0.25) is 0 Å². The monoisotopic (exact) mass is 265 g/mol. The Labute approximate surface area is 102 Å². The quantitative estimate of drug-likeness (QED) is 0.660. The number of ether oxygens (including phenoxy) is 1. The number of hydrogen-bond acceptors (Lipinski definition) is 3. The molecule has 0 heterocycles. The molecule has 0 saturated carbocycles. The molecule has 3 nitrogen and oxygen atoms in total. The van der Waals surface area contributed by atoms with E-state index in [1.54, 1.807) is 0 Å². The van der Waals surface area contributed by atoms with E-state index in [1.165, 1.54) is 20.1 Å². The minimum absolute atomic E-state index is 0.0164. The van der Waals surface area contributed by atoms with Crippen molar-refractivity contribution in [2.75, 3.05) is 7.11 Å². The van der Waals surface area contributed by atoms with Gasteiger partial charge in [0.1, 0.15) is 11.4 Å². The van der Waals surface area contributed by atoms with Gasteiger partial charge in [0, 0.05) is 10.6 Å². The van der Waals surface area contributed by atoms with Crippen molar-refractivity contribution in [2.24, 2.45) is 5.73 Å². The summed E-state index contributed by atoms with van der Waals surface area (Å²) in [6, 6.07) is 2.38. The molecule has 88 valence electrons. The lowest BCUT2D eigenvalue weighted by Crippen LogP contribution is -2.43. The number of benzene rings is 1. The highest BCUT2D eigenvalue weighted by Crippen LogP contribution is 2.35. The molecule has 0 radical (unpaired) electrons. The van der Waals surface area contributed by atoms with Crippen LogP contribution < -0.4 is 5.73 Å². The lowest BCUT2D eigenvalue weighted by molar-refractivity contribution is -0.146. The van der Waals surface area contributed by atoms with Crippen LogP contribution in [0.25, 0.3) is 0 Å². The smallest absolute Gasteiger partial charge is 0.330 e. The highest BCUT2D eigenvalue weighted by atomic mass is 35.5. The number of rotatable bonds is 2. The van der Waals surface area contributed by atoms with Crippen molar-refractivity contribution in [1.82, 2.24) is 0 Å². The molecule has 1 atom stereocenters. The van der Waals surface area contributed by atoms with Crippen LogP contribution in [0, 0.1) is 5.82 Å². The zero-order chi connectivity index (χ0) is 12.5. The van der Waals surface area contributed by atoms with Crippen molar-refractivity contribution < 1.29 is 13.9 Å². The molecule has 0 saturated heterocycles. The fourth-order valence-corrected chi connectivity index (χ4v) is 2.08. The topological polar surface area (TPSA) is 52.3 Å². The van der Waals surface area contributed by atoms with Gasteiger partial charge in [-0.15, -0.1) is 0 Å². The van der Waals surface area contributed by atoms with Gasteiger partial charge in [0.15, 0.2) is 0 Å². The highest BCUT2D eigenvalue weighted by molar-refractivity contribution is 6.36. The molecular weight excluding hydrogens is 256 g/mol. The van der Waals surface area contributed by atoms with Gasteiger partial charge in [-0.05, 0) is 19.1 Å². The number of nitrogens with two attached hydrogens (primary N) is 1. The van der Waals surface area contributed by atoms with Gasteiger partial charge < -0.3 is 10.5 Å².